The Morgan fingerprint density at radius 1 is 1.17 bits per heavy atom. The highest BCUT2D eigenvalue weighted by Gasteiger charge is 2.08. The Morgan fingerprint density at radius 3 is 2.56 bits per heavy atom. The third kappa shape index (κ3) is 3.32. The van der Waals surface area contributed by atoms with Crippen molar-refractivity contribution >= 4 is 28.6 Å². The van der Waals surface area contributed by atoms with Crippen LogP contribution in [0.2, 0.25) is 0 Å². The molecule has 92 valence electrons. The van der Waals surface area contributed by atoms with Crippen LogP contribution in [-0.4, -0.2) is 5.97 Å². The van der Waals surface area contributed by atoms with Gasteiger partial charge in [0.1, 0.15) is 6.61 Å². The summed E-state index contributed by atoms with van der Waals surface area (Å²) >= 11 is 2.22. The molecule has 18 heavy (non-hydrogen) atoms. The zero-order valence-electron chi connectivity index (χ0n) is 10.0. The maximum absolute atomic E-state index is 11.9. The number of benzene rings is 2. The molecule has 0 aliphatic heterocycles. The topological polar surface area (TPSA) is 26.3 Å². The fraction of sp³-hybridized carbons (Fsp3) is 0.133. The van der Waals surface area contributed by atoms with E-state index < -0.39 is 0 Å². The van der Waals surface area contributed by atoms with Crippen LogP contribution >= 0.6 is 22.6 Å². The molecule has 0 aromatic heterocycles. The van der Waals surface area contributed by atoms with Crippen LogP contribution in [0, 0.1) is 10.5 Å². The van der Waals surface area contributed by atoms with E-state index in [1.165, 1.54) is 0 Å². The van der Waals surface area contributed by atoms with E-state index in [1.54, 1.807) is 6.07 Å². The normalized spacial score (nSPS) is 10.1. The number of rotatable bonds is 3. The van der Waals surface area contributed by atoms with Gasteiger partial charge in [0, 0.05) is 3.57 Å². The van der Waals surface area contributed by atoms with E-state index in [0.717, 1.165) is 14.7 Å². The molecule has 0 fully saturated rings. The second-order valence-electron chi connectivity index (χ2n) is 4.03. The van der Waals surface area contributed by atoms with Crippen molar-refractivity contribution in [1.29, 1.82) is 0 Å². The molecule has 0 bridgehead atoms. The molecule has 0 unspecified atom stereocenters. The molecular weight excluding hydrogens is 339 g/mol. The van der Waals surface area contributed by atoms with Crippen LogP contribution in [0.3, 0.4) is 0 Å². The highest BCUT2D eigenvalue weighted by Crippen LogP contribution is 2.14. The molecule has 0 atom stereocenters. The molecule has 0 heterocycles. The van der Waals surface area contributed by atoms with Crippen molar-refractivity contribution in [3.63, 3.8) is 0 Å². The number of carbonyl (C=O) groups is 1. The first-order valence-corrected chi connectivity index (χ1v) is 6.72. The van der Waals surface area contributed by atoms with Gasteiger partial charge in [0.25, 0.3) is 0 Å². The quantitative estimate of drug-likeness (QED) is 0.618. The fourth-order valence-corrected chi connectivity index (χ4v) is 2.04. The predicted molar refractivity (Wildman–Crippen MR) is 79.5 cm³/mol. The van der Waals surface area contributed by atoms with E-state index in [-0.39, 0.29) is 5.97 Å². The highest BCUT2D eigenvalue weighted by molar-refractivity contribution is 14.1. The lowest BCUT2D eigenvalue weighted by Gasteiger charge is -2.06. The van der Waals surface area contributed by atoms with Gasteiger partial charge >= 0.3 is 5.97 Å². The molecule has 0 amide bonds. The van der Waals surface area contributed by atoms with Crippen LogP contribution in [0.5, 0.6) is 0 Å². The number of ether oxygens (including phenoxy) is 1. The molecule has 2 rings (SSSR count). The number of hydrogen-bond acceptors (Lipinski definition) is 2. The summed E-state index contributed by atoms with van der Waals surface area (Å²) < 4.78 is 6.34. The van der Waals surface area contributed by atoms with Gasteiger partial charge in [-0.3, -0.25) is 0 Å². The third-order valence-corrected chi connectivity index (χ3v) is 3.78. The van der Waals surface area contributed by atoms with Gasteiger partial charge in [-0.1, -0.05) is 36.4 Å². The molecular formula is C15H13IO2. The smallest absolute Gasteiger partial charge is 0.338 e. The average Bonchev–Trinajstić information content (AvgIpc) is 2.40. The van der Waals surface area contributed by atoms with E-state index in [1.807, 2.05) is 49.4 Å². The fourth-order valence-electron chi connectivity index (χ4n) is 1.53. The maximum atomic E-state index is 11.9. The summed E-state index contributed by atoms with van der Waals surface area (Å²) in [6.45, 7) is 2.32. The first-order chi connectivity index (χ1) is 8.66. The molecule has 0 radical (unpaired) electrons. The molecule has 0 spiro atoms. The first-order valence-electron chi connectivity index (χ1n) is 5.64. The van der Waals surface area contributed by atoms with E-state index in [4.69, 9.17) is 4.74 Å². The Balaban J connectivity index is 2.02. The summed E-state index contributed by atoms with van der Waals surface area (Å²) in [6.07, 6.45) is 0. The van der Waals surface area contributed by atoms with Crippen LogP contribution in [0.1, 0.15) is 21.5 Å². The minimum atomic E-state index is -0.281. The summed E-state index contributed by atoms with van der Waals surface area (Å²) in [5, 5.41) is 0. The minimum absolute atomic E-state index is 0.281. The molecule has 2 aromatic rings. The van der Waals surface area contributed by atoms with Gasteiger partial charge in [0.15, 0.2) is 0 Å². The van der Waals surface area contributed by atoms with E-state index in [0.29, 0.717) is 12.2 Å². The van der Waals surface area contributed by atoms with Gasteiger partial charge in [0.2, 0.25) is 0 Å². The third-order valence-electron chi connectivity index (χ3n) is 2.62. The number of halogens is 1. The van der Waals surface area contributed by atoms with Crippen molar-refractivity contribution in [3.8, 4) is 0 Å². The Hall–Kier alpha value is -1.36. The lowest BCUT2D eigenvalue weighted by Crippen LogP contribution is -2.05. The Morgan fingerprint density at radius 2 is 1.89 bits per heavy atom. The lowest BCUT2D eigenvalue weighted by atomic mass is 10.1. The van der Waals surface area contributed by atoms with Gasteiger partial charge in [-0.25, -0.2) is 4.79 Å². The molecule has 2 aromatic carbocycles. The van der Waals surface area contributed by atoms with Crippen LogP contribution in [0.15, 0.2) is 48.5 Å². The zero-order chi connectivity index (χ0) is 13.0. The lowest BCUT2D eigenvalue weighted by molar-refractivity contribution is 0.0472. The molecule has 0 saturated heterocycles. The number of hydrogen-bond donors (Lipinski definition) is 0. The SMILES string of the molecule is Cc1ccc(C(=O)OCc2ccccc2)cc1I. The van der Waals surface area contributed by atoms with Gasteiger partial charge in [-0.2, -0.15) is 0 Å². The average molecular weight is 352 g/mol. The van der Waals surface area contributed by atoms with Gasteiger partial charge in [-0.15, -0.1) is 0 Å². The summed E-state index contributed by atoms with van der Waals surface area (Å²) in [5.74, 6) is -0.281. The van der Waals surface area contributed by atoms with Crippen LogP contribution in [-0.2, 0) is 11.3 Å². The number of aryl methyl sites for hydroxylation is 1. The monoisotopic (exact) mass is 352 g/mol. The molecule has 2 nitrogen and oxygen atoms in total. The molecule has 0 N–H and O–H groups in total. The number of carbonyl (C=O) groups excluding carboxylic acids is 1. The van der Waals surface area contributed by atoms with Crippen molar-refractivity contribution in [2.45, 2.75) is 13.5 Å². The first kappa shape index (κ1) is 13.1. The zero-order valence-corrected chi connectivity index (χ0v) is 12.2. The maximum Gasteiger partial charge on any atom is 0.338 e. The predicted octanol–water partition coefficient (Wildman–Crippen LogP) is 3.96. The van der Waals surface area contributed by atoms with Gasteiger partial charge in [0.05, 0.1) is 5.56 Å². The van der Waals surface area contributed by atoms with Crippen LogP contribution in [0.25, 0.3) is 0 Å². The Labute approximate surface area is 120 Å². The molecule has 0 saturated carbocycles. The second kappa shape index (κ2) is 6.00. The van der Waals surface area contributed by atoms with Gasteiger partial charge in [-0.05, 0) is 52.8 Å². The summed E-state index contributed by atoms with van der Waals surface area (Å²) in [5.41, 5.74) is 2.75. The number of esters is 1. The van der Waals surface area contributed by atoms with E-state index >= 15 is 0 Å². The van der Waals surface area contributed by atoms with Crippen molar-refractivity contribution in [1.82, 2.24) is 0 Å². The van der Waals surface area contributed by atoms with Crippen LogP contribution < -0.4 is 0 Å². The van der Waals surface area contributed by atoms with Crippen molar-refractivity contribution < 1.29 is 9.53 Å². The van der Waals surface area contributed by atoms with Crippen molar-refractivity contribution in [2.24, 2.45) is 0 Å². The Kier molecular flexibility index (Phi) is 4.36. The largest absolute Gasteiger partial charge is 0.457 e. The summed E-state index contributed by atoms with van der Waals surface area (Å²) in [7, 11) is 0. The molecule has 3 heteroatoms. The van der Waals surface area contributed by atoms with Crippen molar-refractivity contribution in [2.75, 3.05) is 0 Å². The second-order valence-corrected chi connectivity index (χ2v) is 5.19. The molecule has 0 aliphatic carbocycles. The summed E-state index contributed by atoms with van der Waals surface area (Å²) in [4.78, 5) is 11.9. The van der Waals surface area contributed by atoms with E-state index in [9.17, 15) is 4.79 Å². The molecule has 0 aliphatic rings. The summed E-state index contributed by atoms with van der Waals surface area (Å²) in [6, 6.07) is 15.2. The highest BCUT2D eigenvalue weighted by atomic mass is 127. The Bertz CT molecular complexity index is 550. The standard InChI is InChI=1S/C15H13IO2/c1-11-7-8-13(9-14(11)16)15(17)18-10-12-5-3-2-4-6-12/h2-9H,10H2,1H3. The van der Waals surface area contributed by atoms with Crippen molar-refractivity contribution in [3.05, 3.63) is 68.8 Å². The minimum Gasteiger partial charge on any atom is -0.457 e. The van der Waals surface area contributed by atoms with Crippen LogP contribution in [0.4, 0.5) is 0 Å². The van der Waals surface area contributed by atoms with Gasteiger partial charge < -0.3 is 4.74 Å². The van der Waals surface area contributed by atoms with E-state index in [2.05, 4.69) is 22.6 Å².